The van der Waals surface area contributed by atoms with Gasteiger partial charge in [-0.1, -0.05) is 0 Å². The van der Waals surface area contributed by atoms with Crippen LogP contribution in [0.3, 0.4) is 0 Å². The highest BCUT2D eigenvalue weighted by atomic mass is 79.9. The molecule has 0 aliphatic rings. The molecule has 0 atom stereocenters. The molecule has 1 aromatic heterocycles. The molecule has 16 heavy (non-hydrogen) atoms. The number of nitrogens with zero attached hydrogens (tertiary/aromatic N) is 2. The summed E-state index contributed by atoms with van der Waals surface area (Å²) in [6.45, 7) is 6.19. The van der Waals surface area contributed by atoms with Gasteiger partial charge in [-0.05, 0) is 56.0 Å². The Bertz CT molecular complexity index is 320. The van der Waals surface area contributed by atoms with Crippen molar-refractivity contribution in [1.29, 1.82) is 0 Å². The molecule has 0 spiro atoms. The van der Waals surface area contributed by atoms with Gasteiger partial charge in [-0.15, -0.1) is 0 Å². The average Bonchev–Trinajstić information content (AvgIpc) is 2.20. The molecule has 90 valence electrons. The smallest absolute Gasteiger partial charge is 0.0542 e. The molecule has 0 aromatic carbocycles. The summed E-state index contributed by atoms with van der Waals surface area (Å²) < 4.78 is 1.02. The van der Waals surface area contributed by atoms with Gasteiger partial charge >= 0.3 is 0 Å². The lowest BCUT2D eigenvalue weighted by Crippen LogP contribution is -2.46. The number of halogens is 1. The van der Waals surface area contributed by atoms with E-state index in [-0.39, 0.29) is 5.54 Å². The van der Waals surface area contributed by atoms with Gasteiger partial charge < -0.3 is 10.2 Å². The molecule has 1 heterocycles. The molecule has 1 aromatic rings. The van der Waals surface area contributed by atoms with Crippen LogP contribution in [-0.4, -0.2) is 36.1 Å². The second kappa shape index (κ2) is 5.75. The number of likely N-dealkylation sites (N-methyl/N-ethyl adjacent to an activating group) is 1. The van der Waals surface area contributed by atoms with Crippen LogP contribution in [0.1, 0.15) is 19.5 Å². The summed E-state index contributed by atoms with van der Waals surface area (Å²) in [5.41, 5.74) is 1.23. The van der Waals surface area contributed by atoms with Crippen molar-refractivity contribution < 1.29 is 0 Å². The van der Waals surface area contributed by atoms with Gasteiger partial charge in [0, 0.05) is 29.3 Å². The number of aromatic nitrogens is 1. The maximum Gasteiger partial charge on any atom is 0.0542 e. The first-order valence-electron chi connectivity index (χ1n) is 5.40. The highest BCUT2D eigenvalue weighted by Crippen LogP contribution is 2.09. The monoisotopic (exact) mass is 285 g/mol. The molecule has 0 unspecified atom stereocenters. The van der Waals surface area contributed by atoms with Crippen molar-refractivity contribution in [3.8, 4) is 0 Å². The molecule has 0 aliphatic heterocycles. The van der Waals surface area contributed by atoms with E-state index in [0.717, 1.165) is 23.3 Å². The number of hydrogen-bond donors (Lipinski definition) is 1. The molecule has 0 aliphatic carbocycles. The fourth-order valence-electron chi connectivity index (χ4n) is 1.17. The van der Waals surface area contributed by atoms with Gasteiger partial charge in [-0.2, -0.15) is 0 Å². The standard InChI is InChI=1S/C12H20BrN3/c1-12(2,16(3)4)9-14-8-11-6-5-10(13)7-15-11/h5-7,14H,8-9H2,1-4H3. The second-order valence-corrected chi connectivity index (χ2v) is 5.69. The van der Waals surface area contributed by atoms with E-state index in [2.05, 4.69) is 59.1 Å². The summed E-state index contributed by atoms with van der Waals surface area (Å²) >= 11 is 3.37. The van der Waals surface area contributed by atoms with E-state index in [0.29, 0.717) is 0 Å². The van der Waals surface area contributed by atoms with Crippen LogP contribution in [-0.2, 0) is 6.54 Å². The molecule has 0 radical (unpaired) electrons. The Kier molecular flexibility index (Phi) is 4.89. The molecule has 0 saturated carbocycles. The van der Waals surface area contributed by atoms with Gasteiger partial charge in [0.2, 0.25) is 0 Å². The van der Waals surface area contributed by atoms with Crippen LogP contribution in [0.5, 0.6) is 0 Å². The Labute approximate surface area is 106 Å². The number of hydrogen-bond acceptors (Lipinski definition) is 3. The van der Waals surface area contributed by atoms with Crippen LogP contribution >= 0.6 is 15.9 Å². The van der Waals surface area contributed by atoms with Crippen LogP contribution in [0, 0.1) is 0 Å². The Morgan fingerprint density at radius 3 is 2.56 bits per heavy atom. The lowest BCUT2D eigenvalue weighted by atomic mass is 10.0. The minimum atomic E-state index is 0.162. The summed E-state index contributed by atoms with van der Waals surface area (Å²) in [6, 6.07) is 4.04. The van der Waals surface area contributed by atoms with Crippen LogP contribution < -0.4 is 5.32 Å². The minimum Gasteiger partial charge on any atom is -0.309 e. The van der Waals surface area contributed by atoms with Crippen LogP contribution in [0.4, 0.5) is 0 Å². The number of rotatable bonds is 5. The lowest BCUT2D eigenvalue weighted by molar-refractivity contribution is 0.189. The Morgan fingerprint density at radius 2 is 2.06 bits per heavy atom. The molecule has 0 bridgehead atoms. The first-order chi connectivity index (χ1) is 7.42. The molecule has 0 saturated heterocycles. The fourth-order valence-corrected chi connectivity index (χ4v) is 1.40. The third kappa shape index (κ3) is 4.20. The van der Waals surface area contributed by atoms with E-state index in [1.807, 2.05) is 18.3 Å². The van der Waals surface area contributed by atoms with E-state index in [1.54, 1.807) is 0 Å². The van der Waals surface area contributed by atoms with E-state index >= 15 is 0 Å². The third-order valence-corrected chi connectivity index (χ3v) is 3.33. The minimum absolute atomic E-state index is 0.162. The SMILES string of the molecule is CN(C)C(C)(C)CNCc1ccc(Br)cn1. The van der Waals surface area contributed by atoms with Gasteiger partial charge in [-0.3, -0.25) is 4.98 Å². The molecule has 1 rings (SSSR count). The Morgan fingerprint density at radius 1 is 1.38 bits per heavy atom. The van der Waals surface area contributed by atoms with Crippen molar-refractivity contribution in [2.45, 2.75) is 25.9 Å². The van der Waals surface area contributed by atoms with Gasteiger partial charge in [0.1, 0.15) is 0 Å². The second-order valence-electron chi connectivity index (χ2n) is 4.78. The predicted molar refractivity (Wildman–Crippen MR) is 71.4 cm³/mol. The van der Waals surface area contributed by atoms with E-state index in [1.165, 1.54) is 0 Å². The summed E-state index contributed by atoms with van der Waals surface area (Å²) in [7, 11) is 4.19. The van der Waals surface area contributed by atoms with Crippen LogP contribution in [0.2, 0.25) is 0 Å². The van der Waals surface area contributed by atoms with Crippen LogP contribution in [0.25, 0.3) is 0 Å². The summed E-state index contributed by atoms with van der Waals surface area (Å²) in [5, 5.41) is 3.42. The Hall–Kier alpha value is -0.450. The predicted octanol–water partition coefficient (Wildman–Crippen LogP) is 2.27. The zero-order valence-corrected chi connectivity index (χ0v) is 12.0. The van der Waals surface area contributed by atoms with Crippen molar-refractivity contribution >= 4 is 15.9 Å². The molecular formula is C12H20BrN3. The molecule has 1 N–H and O–H groups in total. The molecule has 3 nitrogen and oxygen atoms in total. The highest BCUT2D eigenvalue weighted by molar-refractivity contribution is 9.10. The van der Waals surface area contributed by atoms with Crippen LogP contribution in [0.15, 0.2) is 22.8 Å². The van der Waals surface area contributed by atoms with Crippen molar-refractivity contribution in [1.82, 2.24) is 15.2 Å². The highest BCUT2D eigenvalue weighted by Gasteiger charge is 2.19. The zero-order valence-electron chi connectivity index (χ0n) is 10.4. The van der Waals surface area contributed by atoms with Crippen molar-refractivity contribution in [3.05, 3.63) is 28.5 Å². The lowest BCUT2D eigenvalue weighted by Gasteiger charge is -2.32. The summed E-state index contributed by atoms with van der Waals surface area (Å²) in [4.78, 5) is 6.54. The molecule has 0 fully saturated rings. The molecule has 0 amide bonds. The molecular weight excluding hydrogens is 266 g/mol. The van der Waals surface area contributed by atoms with Gasteiger partial charge in [-0.25, -0.2) is 0 Å². The van der Waals surface area contributed by atoms with Crippen molar-refractivity contribution in [2.75, 3.05) is 20.6 Å². The third-order valence-electron chi connectivity index (χ3n) is 2.86. The van der Waals surface area contributed by atoms with E-state index in [4.69, 9.17) is 0 Å². The van der Waals surface area contributed by atoms with Gasteiger partial charge in [0.25, 0.3) is 0 Å². The maximum atomic E-state index is 4.32. The summed E-state index contributed by atoms with van der Waals surface area (Å²) in [5.74, 6) is 0. The van der Waals surface area contributed by atoms with Crippen molar-refractivity contribution in [2.24, 2.45) is 0 Å². The number of nitrogens with one attached hydrogen (secondary N) is 1. The van der Waals surface area contributed by atoms with E-state index < -0.39 is 0 Å². The summed E-state index contributed by atoms with van der Waals surface area (Å²) in [6.07, 6.45) is 1.83. The normalized spacial score (nSPS) is 12.1. The average molecular weight is 286 g/mol. The largest absolute Gasteiger partial charge is 0.309 e. The Balaban J connectivity index is 2.39. The van der Waals surface area contributed by atoms with Crippen molar-refractivity contribution in [3.63, 3.8) is 0 Å². The fraction of sp³-hybridized carbons (Fsp3) is 0.583. The first kappa shape index (κ1) is 13.6. The van der Waals surface area contributed by atoms with E-state index in [9.17, 15) is 0 Å². The topological polar surface area (TPSA) is 28.2 Å². The quantitative estimate of drug-likeness (QED) is 0.900. The maximum absolute atomic E-state index is 4.32. The zero-order chi connectivity index (χ0) is 12.2. The first-order valence-corrected chi connectivity index (χ1v) is 6.20. The molecule has 4 heteroatoms. The van der Waals surface area contributed by atoms with Gasteiger partial charge in [0.05, 0.1) is 5.69 Å². The number of pyridine rings is 1. The van der Waals surface area contributed by atoms with Gasteiger partial charge in [0.15, 0.2) is 0 Å².